The van der Waals surface area contributed by atoms with Gasteiger partial charge in [0.1, 0.15) is 18.1 Å². The SMILES string of the molecule is C[C@](O)(C=O)c1ccc(COCOCC[Si](C)(C)C)cc1OCOCC[Si](C)(C)C. The van der Waals surface area contributed by atoms with Gasteiger partial charge in [0.15, 0.2) is 13.1 Å². The number of benzene rings is 1. The Balaban J connectivity index is 2.63. The van der Waals surface area contributed by atoms with Gasteiger partial charge in [-0.1, -0.05) is 51.4 Å². The molecule has 0 saturated heterocycles. The zero-order valence-corrected chi connectivity index (χ0v) is 21.7. The second-order valence-corrected chi connectivity index (χ2v) is 21.5. The van der Waals surface area contributed by atoms with Crippen LogP contribution < -0.4 is 4.74 Å². The fourth-order valence-corrected chi connectivity index (χ4v) is 3.97. The van der Waals surface area contributed by atoms with E-state index in [-0.39, 0.29) is 13.6 Å². The summed E-state index contributed by atoms with van der Waals surface area (Å²) in [4.78, 5) is 11.3. The van der Waals surface area contributed by atoms with Crippen molar-refractivity contribution in [3.8, 4) is 5.75 Å². The molecule has 1 atom stereocenters. The monoisotopic (exact) mass is 456 g/mol. The van der Waals surface area contributed by atoms with Crippen LogP contribution in [0, 0.1) is 0 Å². The van der Waals surface area contributed by atoms with Gasteiger partial charge in [0, 0.05) is 34.9 Å². The first-order chi connectivity index (χ1) is 13.8. The molecule has 1 N–H and O–H groups in total. The van der Waals surface area contributed by atoms with E-state index in [0.29, 0.717) is 37.4 Å². The Hall–Kier alpha value is -1.04. The van der Waals surface area contributed by atoms with E-state index in [1.54, 1.807) is 12.1 Å². The molecule has 1 aromatic rings. The Morgan fingerprint density at radius 1 is 0.933 bits per heavy atom. The van der Waals surface area contributed by atoms with Gasteiger partial charge in [0.05, 0.1) is 6.61 Å². The van der Waals surface area contributed by atoms with Crippen LogP contribution in [-0.4, -0.2) is 54.3 Å². The van der Waals surface area contributed by atoms with Gasteiger partial charge < -0.3 is 24.1 Å². The van der Waals surface area contributed by atoms with Crippen LogP contribution in [-0.2, 0) is 31.2 Å². The number of hydrogen-bond donors (Lipinski definition) is 1. The number of aldehydes is 1. The minimum absolute atomic E-state index is 0.0660. The molecule has 0 heterocycles. The van der Waals surface area contributed by atoms with Gasteiger partial charge in [0.2, 0.25) is 0 Å². The first-order valence-corrected chi connectivity index (χ1v) is 17.9. The van der Waals surface area contributed by atoms with Crippen LogP contribution in [0.25, 0.3) is 0 Å². The summed E-state index contributed by atoms with van der Waals surface area (Å²) in [6.07, 6.45) is 0.504. The molecule has 6 nitrogen and oxygen atoms in total. The lowest BCUT2D eigenvalue weighted by Gasteiger charge is -2.22. The number of carbonyl (C=O) groups is 1. The topological polar surface area (TPSA) is 74.2 Å². The van der Waals surface area contributed by atoms with Gasteiger partial charge in [-0.05, 0) is 30.6 Å². The summed E-state index contributed by atoms with van der Waals surface area (Å²) in [5.41, 5.74) is -0.361. The number of carbonyl (C=O) groups excluding carboxylic acids is 1. The lowest BCUT2D eigenvalue weighted by molar-refractivity contribution is -0.123. The minimum Gasteiger partial charge on any atom is -0.467 e. The summed E-state index contributed by atoms with van der Waals surface area (Å²) < 4.78 is 22.5. The minimum atomic E-state index is -1.63. The van der Waals surface area contributed by atoms with E-state index in [4.69, 9.17) is 18.9 Å². The summed E-state index contributed by atoms with van der Waals surface area (Å²) in [6, 6.07) is 7.42. The maximum Gasteiger partial charge on any atom is 0.189 e. The lowest BCUT2D eigenvalue weighted by atomic mass is 9.95. The van der Waals surface area contributed by atoms with Crippen molar-refractivity contribution < 1.29 is 28.8 Å². The van der Waals surface area contributed by atoms with Crippen molar-refractivity contribution in [3.05, 3.63) is 29.3 Å². The molecule has 0 aliphatic carbocycles. The first-order valence-electron chi connectivity index (χ1n) is 10.5. The molecule has 30 heavy (non-hydrogen) atoms. The van der Waals surface area contributed by atoms with Gasteiger partial charge in [-0.2, -0.15) is 0 Å². The van der Waals surface area contributed by atoms with Gasteiger partial charge in [-0.25, -0.2) is 0 Å². The van der Waals surface area contributed by atoms with Crippen LogP contribution in [0.3, 0.4) is 0 Å². The normalized spacial score (nSPS) is 14.4. The molecule has 1 rings (SSSR count). The molecule has 0 aromatic heterocycles. The van der Waals surface area contributed by atoms with E-state index in [1.807, 2.05) is 6.07 Å². The van der Waals surface area contributed by atoms with E-state index < -0.39 is 21.7 Å². The fraction of sp³-hybridized carbons (Fsp3) is 0.682. The van der Waals surface area contributed by atoms with Crippen LogP contribution in [0.5, 0.6) is 5.75 Å². The van der Waals surface area contributed by atoms with E-state index in [2.05, 4.69) is 39.3 Å². The van der Waals surface area contributed by atoms with E-state index in [1.165, 1.54) is 6.92 Å². The highest BCUT2D eigenvalue weighted by Gasteiger charge is 2.26. The Morgan fingerprint density at radius 3 is 2.03 bits per heavy atom. The molecule has 0 saturated carbocycles. The maximum atomic E-state index is 11.3. The Morgan fingerprint density at radius 2 is 1.50 bits per heavy atom. The van der Waals surface area contributed by atoms with Crippen molar-refractivity contribution in [2.24, 2.45) is 0 Å². The standard InChI is InChI=1S/C22H40O6Si2/c1-22(24,16-23)20-9-8-19(15-27-17-25-10-12-29(2,3)4)14-21(20)28-18-26-11-13-30(5,6)7/h8-9,14,16,24H,10-13,15,17-18H2,1-7H3/t22-/m0/s1. The highest BCUT2D eigenvalue weighted by molar-refractivity contribution is 6.76. The molecule has 172 valence electrons. The van der Waals surface area contributed by atoms with Crippen molar-refractivity contribution in [2.75, 3.05) is 26.8 Å². The number of aliphatic hydroxyl groups is 1. The number of rotatable bonds is 15. The third kappa shape index (κ3) is 11.4. The summed E-state index contributed by atoms with van der Waals surface area (Å²) in [6.45, 7) is 17.2. The second kappa shape index (κ2) is 12.1. The third-order valence-corrected chi connectivity index (χ3v) is 7.96. The zero-order chi connectivity index (χ0) is 22.8. The predicted molar refractivity (Wildman–Crippen MR) is 125 cm³/mol. The molecule has 0 unspecified atom stereocenters. The van der Waals surface area contributed by atoms with Crippen molar-refractivity contribution in [1.82, 2.24) is 0 Å². The molecule has 0 fully saturated rings. The zero-order valence-electron chi connectivity index (χ0n) is 19.7. The quantitative estimate of drug-likeness (QED) is 0.180. The van der Waals surface area contributed by atoms with E-state index in [0.717, 1.165) is 17.7 Å². The van der Waals surface area contributed by atoms with Gasteiger partial charge in [0.25, 0.3) is 0 Å². The average Bonchev–Trinajstić information content (AvgIpc) is 2.62. The van der Waals surface area contributed by atoms with Gasteiger partial charge in [-0.15, -0.1) is 0 Å². The fourth-order valence-electron chi connectivity index (χ4n) is 2.46. The Labute approximate surface area is 183 Å². The highest BCUT2D eigenvalue weighted by Crippen LogP contribution is 2.30. The smallest absolute Gasteiger partial charge is 0.189 e. The Kier molecular flexibility index (Phi) is 10.9. The van der Waals surface area contributed by atoms with Crippen LogP contribution >= 0.6 is 0 Å². The van der Waals surface area contributed by atoms with E-state index in [9.17, 15) is 9.90 Å². The molecule has 8 heteroatoms. The van der Waals surface area contributed by atoms with Crippen LogP contribution in [0.4, 0.5) is 0 Å². The van der Waals surface area contributed by atoms with Crippen LogP contribution in [0.1, 0.15) is 18.1 Å². The molecule has 0 radical (unpaired) electrons. The molecule has 0 aliphatic rings. The molecule has 0 spiro atoms. The lowest BCUT2D eigenvalue weighted by Crippen LogP contribution is -2.25. The summed E-state index contributed by atoms with van der Waals surface area (Å²) in [5, 5.41) is 10.4. The highest BCUT2D eigenvalue weighted by atomic mass is 28.3. The van der Waals surface area contributed by atoms with Crippen molar-refractivity contribution in [2.45, 2.75) is 70.5 Å². The number of ether oxygens (including phenoxy) is 4. The molecule has 0 bridgehead atoms. The molecule has 0 aliphatic heterocycles. The van der Waals surface area contributed by atoms with Crippen molar-refractivity contribution >= 4 is 22.4 Å². The maximum absolute atomic E-state index is 11.3. The molecular weight excluding hydrogens is 416 g/mol. The predicted octanol–water partition coefficient (Wildman–Crippen LogP) is 4.61. The van der Waals surface area contributed by atoms with Crippen molar-refractivity contribution in [1.29, 1.82) is 0 Å². The number of hydrogen-bond acceptors (Lipinski definition) is 6. The Bertz CT molecular complexity index is 650. The largest absolute Gasteiger partial charge is 0.467 e. The van der Waals surface area contributed by atoms with Gasteiger partial charge >= 0.3 is 0 Å². The second-order valence-electron chi connectivity index (χ2n) is 10.3. The first kappa shape index (κ1) is 27.0. The van der Waals surface area contributed by atoms with Gasteiger partial charge in [-0.3, -0.25) is 4.79 Å². The van der Waals surface area contributed by atoms with Crippen molar-refractivity contribution in [3.63, 3.8) is 0 Å². The summed E-state index contributed by atoms with van der Waals surface area (Å²) in [7, 11) is -2.28. The third-order valence-electron chi connectivity index (χ3n) is 4.55. The molecule has 1 aromatic carbocycles. The molecular formula is C22H40O6Si2. The summed E-state index contributed by atoms with van der Waals surface area (Å²) in [5.74, 6) is 0.417. The summed E-state index contributed by atoms with van der Waals surface area (Å²) >= 11 is 0. The van der Waals surface area contributed by atoms with Crippen LogP contribution in [0.2, 0.25) is 51.4 Å². The van der Waals surface area contributed by atoms with Crippen LogP contribution in [0.15, 0.2) is 18.2 Å². The average molecular weight is 457 g/mol. The molecule has 0 amide bonds. The van der Waals surface area contributed by atoms with E-state index >= 15 is 0 Å².